The minimum Gasteiger partial charge on any atom is -0.398 e. The molecule has 2 nitrogen and oxygen atoms in total. The van der Waals surface area contributed by atoms with Gasteiger partial charge in [0.05, 0.1) is 5.56 Å². The van der Waals surface area contributed by atoms with Crippen LogP contribution in [0, 0.1) is 5.92 Å². The maximum Gasteiger partial charge on any atom is 0.418 e. The maximum absolute atomic E-state index is 12.9. The molecule has 5 heteroatoms. The number of nitrogens with two attached hydrogens (primary N) is 1. The van der Waals surface area contributed by atoms with E-state index in [-0.39, 0.29) is 11.7 Å². The first-order valence-electron chi connectivity index (χ1n) is 6.52. The van der Waals surface area contributed by atoms with Crippen LogP contribution in [0.4, 0.5) is 24.5 Å². The highest BCUT2D eigenvalue weighted by Crippen LogP contribution is 2.38. The fraction of sp³-hybridized carbons (Fsp3) is 0.571. The molecule has 1 aliphatic carbocycles. The summed E-state index contributed by atoms with van der Waals surface area (Å²) in [7, 11) is 0. The third-order valence-corrected chi connectivity index (χ3v) is 3.45. The van der Waals surface area contributed by atoms with Gasteiger partial charge in [0, 0.05) is 24.0 Å². The first-order chi connectivity index (χ1) is 8.79. The van der Waals surface area contributed by atoms with Crippen LogP contribution < -0.4 is 10.6 Å². The number of benzene rings is 1. The lowest BCUT2D eigenvalue weighted by Crippen LogP contribution is -2.33. The van der Waals surface area contributed by atoms with Crippen molar-refractivity contribution in [1.82, 2.24) is 0 Å². The first-order valence-corrected chi connectivity index (χ1v) is 6.52. The summed E-state index contributed by atoms with van der Waals surface area (Å²) in [5, 5.41) is 0. The van der Waals surface area contributed by atoms with Gasteiger partial charge in [-0.05, 0) is 50.8 Å². The Hall–Kier alpha value is -1.39. The number of hydrogen-bond acceptors (Lipinski definition) is 2. The van der Waals surface area contributed by atoms with Crippen molar-refractivity contribution < 1.29 is 13.2 Å². The van der Waals surface area contributed by atoms with E-state index in [9.17, 15) is 13.2 Å². The van der Waals surface area contributed by atoms with E-state index in [0.717, 1.165) is 12.6 Å². The van der Waals surface area contributed by atoms with Gasteiger partial charge in [0.25, 0.3) is 0 Å². The van der Waals surface area contributed by atoms with Gasteiger partial charge in [0.1, 0.15) is 0 Å². The fourth-order valence-corrected chi connectivity index (χ4v) is 2.16. The quantitative estimate of drug-likeness (QED) is 0.842. The van der Waals surface area contributed by atoms with Crippen LogP contribution in [0.15, 0.2) is 18.2 Å². The van der Waals surface area contributed by atoms with E-state index in [1.165, 1.54) is 18.9 Å². The Labute approximate surface area is 111 Å². The Morgan fingerprint density at radius 1 is 1.32 bits per heavy atom. The van der Waals surface area contributed by atoms with Gasteiger partial charge in [-0.3, -0.25) is 0 Å². The summed E-state index contributed by atoms with van der Waals surface area (Å²) in [6.07, 6.45) is -2.06. The van der Waals surface area contributed by atoms with Gasteiger partial charge in [-0.15, -0.1) is 0 Å². The second-order valence-corrected chi connectivity index (χ2v) is 5.46. The van der Waals surface area contributed by atoms with E-state index in [0.29, 0.717) is 11.6 Å². The summed E-state index contributed by atoms with van der Waals surface area (Å²) in [5.41, 5.74) is 5.07. The Balaban J connectivity index is 2.31. The Kier molecular flexibility index (Phi) is 3.65. The minimum absolute atomic E-state index is 0.172. The zero-order chi connectivity index (χ0) is 14.2. The molecule has 0 aliphatic heterocycles. The molecule has 0 bridgehead atoms. The van der Waals surface area contributed by atoms with E-state index in [2.05, 4.69) is 0 Å². The molecule has 19 heavy (non-hydrogen) atoms. The number of nitrogens with zero attached hydrogens (tertiary/aromatic N) is 1. The smallest absolute Gasteiger partial charge is 0.398 e. The predicted molar refractivity (Wildman–Crippen MR) is 71.1 cm³/mol. The minimum atomic E-state index is -4.40. The van der Waals surface area contributed by atoms with Crippen LogP contribution in [0.2, 0.25) is 0 Å². The molecule has 2 rings (SSSR count). The van der Waals surface area contributed by atoms with Crippen LogP contribution >= 0.6 is 0 Å². The van der Waals surface area contributed by atoms with Gasteiger partial charge in [-0.1, -0.05) is 0 Å². The van der Waals surface area contributed by atoms with Crippen LogP contribution in [-0.4, -0.2) is 12.6 Å². The average Bonchev–Trinajstić information content (AvgIpc) is 3.09. The standard InChI is InChI=1S/C14H19F3N2/c1-9(2)19(8-10-3-4-10)11-5-6-13(18)12(7-11)14(15,16)17/h5-7,9-10H,3-4,8,18H2,1-2H3. The predicted octanol–water partition coefficient (Wildman–Crippen LogP) is 3.91. The van der Waals surface area contributed by atoms with Crippen molar-refractivity contribution in [3.8, 4) is 0 Å². The number of alkyl halides is 3. The van der Waals surface area contributed by atoms with Gasteiger partial charge in [0.15, 0.2) is 0 Å². The van der Waals surface area contributed by atoms with E-state index >= 15 is 0 Å². The van der Waals surface area contributed by atoms with E-state index in [1.54, 1.807) is 6.07 Å². The summed E-state index contributed by atoms with van der Waals surface area (Å²) in [6, 6.07) is 4.36. The van der Waals surface area contributed by atoms with Crippen LogP contribution in [-0.2, 0) is 6.18 Å². The Bertz CT molecular complexity index is 450. The van der Waals surface area contributed by atoms with Crippen LogP contribution in [0.25, 0.3) is 0 Å². The lowest BCUT2D eigenvalue weighted by molar-refractivity contribution is -0.136. The molecule has 0 spiro atoms. The highest BCUT2D eigenvalue weighted by atomic mass is 19.4. The van der Waals surface area contributed by atoms with Crippen molar-refractivity contribution in [3.05, 3.63) is 23.8 Å². The second-order valence-electron chi connectivity index (χ2n) is 5.46. The molecule has 1 aliphatic rings. The van der Waals surface area contributed by atoms with Gasteiger partial charge in [-0.2, -0.15) is 13.2 Å². The summed E-state index contributed by atoms with van der Waals surface area (Å²) >= 11 is 0. The third-order valence-electron chi connectivity index (χ3n) is 3.45. The lowest BCUT2D eigenvalue weighted by Gasteiger charge is -2.30. The topological polar surface area (TPSA) is 29.3 Å². The van der Waals surface area contributed by atoms with Gasteiger partial charge in [-0.25, -0.2) is 0 Å². The summed E-state index contributed by atoms with van der Waals surface area (Å²) in [5.74, 6) is 0.620. The molecule has 0 amide bonds. The zero-order valence-corrected chi connectivity index (χ0v) is 11.2. The van der Waals surface area contributed by atoms with Gasteiger partial charge in [0.2, 0.25) is 0 Å². The average molecular weight is 272 g/mol. The van der Waals surface area contributed by atoms with Crippen molar-refractivity contribution >= 4 is 11.4 Å². The van der Waals surface area contributed by atoms with E-state index in [1.807, 2.05) is 18.7 Å². The molecule has 1 fully saturated rings. The van der Waals surface area contributed by atoms with Crippen molar-refractivity contribution in [1.29, 1.82) is 0 Å². The highest BCUT2D eigenvalue weighted by Gasteiger charge is 2.34. The van der Waals surface area contributed by atoms with Crippen LogP contribution in [0.5, 0.6) is 0 Å². The Morgan fingerprint density at radius 2 is 1.95 bits per heavy atom. The largest absolute Gasteiger partial charge is 0.418 e. The van der Waals surface area contributed by atoms with Crippen LogP contribution in [0.1, 0.15) is 32.3 Å². The molecule has 1 aromatic rings. The SMILES string of the molecule is CC(C)N(CC1CC1)c1ccc(N)c(C(F)(F)F)c1. The van der Waals surface area contributed by atoms with Crippen molar-refractivity contribution in [2.45, 2.75) is 38.9 Å². The molecule has 0 heterocycles. The number of halogens is 3. The van der Waals surface area contributed by atoms with Crippen molar-refractivity contribution in [2.24, 2.45) is 5.92 Å². The number of nitrogen functional groups attached to an aromatic ring is 1. The Morgan fingerprint density at radius 3 is 2.42 bits per heavy atom. The molecular formula is C14H19F3N2. The number of rotatable bonds is 4. The molecule has 0 radical (unpaired) electrons. The second kappa shape index (κ2) is 4.94. The zero-order valence-electron chi connectivity index (χ0n) is 11.2. The number of hydrogen-bond donors (Lipinski definition) is 1. The number of anilines is 2. The normalized spacial score (nSPS) is 15.9. The molecule has 0 unspecified atom stereocenters. The summed E-state index contributed by atoms with van der Waals surface area (Å²) < 4.78 is 38.6. The highest BCUT2D eigenvalue weighted by molar-refractivity contribution is 5.60. The van der Waals surface area contributed by atoms with Crippen LogP contribution in [0.3, 0.4) is 0 Å². The molecule has 1 saturated carbocycles. The van der Waals surface area contributed by atoms with Crippen molar-refractivity contribution in [3.63, 3.8) is 0 Å². The fourth-order valence-electron chi connectivity index (χ4n) is 2.16. The maximum atomic E-state index is 12.9. The van der Waals surface area contributed by atoms with Gasteiger partial charge < -0.3 is 10.6 Å². The molecular weight excluding hydrogens is 253 g/mol. The molecule has 1 aromatic carbocycles. The third kappa shape index (κ3) is 3.33. The molecule has 0 aromatic heterocycles. The van der Waals surface area contributed by atoms with Crippen molar-refractivity contribution in [2.75, 3.05) is 17.2 Å². The first kappa shape index (κ1) is 14.0. The summed E-state index contributed by atoms with van der Waals surface area (Å²) in [4.78, 5) is 2.02. The summed E-state index contributed by atoms with van der Waals surface area (Å²) in [6.45, 7) is 4.80. The monoisotopic (exact) mass is 272 g/mol. The molecule has 0 atom stereocenters. The van der Waals surface area contributed by atoms with Gasteiger partial charge >= 0.3 is 6.18 Å². The molecule has 2 N–H and O–H groups in total. The van der Waals surface area contributed by atoms with E-state index in [4.69, 9.17) is 5.73 Å². The van der Waals surface area contributed by atoms with E-state index < -0.39 is 11.7 Å². The molecule has 106 valence electrons. The lowest BCUT2D eigenvalue weighted by atomic mass is 10.1. The molecule has 0 saturated heterocycles.